The highest BCUT2D eigenvalue weighted by Gasteiger charge is 2.26. The summed E-state index contributed by atoms with van der Waals surface area (Å²) in [6, 6.07) is 17.4. The minimum Gasteiger partial charge on any atom is -0.491 e. The zero-order valence-corrected chi connectivity index (χ0v) is 15.8. The van der Waals surface area contributed by atoms with Gasteiger partial charge in [0.05, 0.1) is 0 Å². The summed E-state index contributed by atoms with van der Waals surface area (Å²) in [4.78, 5) is 14.6. The lowest BCUT2D eigenvalue weighted by molar-refractivity contribution is -0.121. The van der Waals surface area contributed by atoms with E-state index in [0.29, 0.717) is 6.54 Å². The topological polar surface area (TPSA) is 61.8 Å². The number of β-amino-alcohol motifs (C(OH)–C–C–N with tert-alkyl or cyclic N) is 1. The molecule has 2 N–H and O–H groups in total. The maximum atomic E-state index is 12.4. The SMILES string of the molecule is Cc1ccccc1OC[C@@H](O)CN1CCC(C(=O)Nc2ccccc2)CC1. The van der Waals surface area contributed by atoms with Crippen molar-refractivity contribution in [1.29, 1.82) is 0 Å². The molecule has 5 heteroatoms. The van der Waals surface area contributed by atoms with E-state index in [1.807, 2.05) is 61.5 Å². The van der Waals surface area contributed by atoms with E-state index in [4.69, 9.17) is 4.74 Å². The number of ether oxygens (including phenoxy) is 1. The number of nitrogens with zero attached hydrogens (tertiary/aromatic N) is 1. The largest absolute Gasteiger partial charge is 0.491 e. The Morgan fingerprint density at radius 2 is 1.81 bits per heavy atom. The summed E-state index contributed by atoms with van der Waals surface area (Å²) in [6.45, 7) is 4.47. The summed E-state index contributed by atoms with van der Waals surface area (Å²) in [6.07, 6.45) is 1.08. The highest BCUT2D eigenvalue weighted by atomic mass is 16.5. The molecule has 0 saturated carbocycles. The standard InChI is InChI=1S/C22H28N2O3/c1-17-7-5-6-10-21(17)27-16-20(25)15-24-13-11-18(12-14-24)22(26)23-19-8-3-2-4-9-19/h2-10,18,20,25H,11-16H2,1H3,(H,23,26)/t20-/m0/s1. The first-order valence-corrected chi connectivity index (χ1v) is 9.56. The van der Waals surface area contributed by atoms with Crippen LogP contribution in [0.2, 0.25) is 0 Å². The van der Waals surface area contributed by atoms with Gasteiger partial charge in [0.1, 0.15) is 18.5 Å². The van der Waals surface area contributed by atoms with E-state index < -0.39 is 6.10 Å². The number of aryl methyl sites for hydroxylation is 1. The number of aliphatic hydroxyl groups excluding tert-OH is 1. The van der Waals surface area contributed by atoms with Crippen molar-refractivity contribution in [3.8, 4) is 5.75 Å². The molecule has 1 atom stereocenters. The Labute approximate surface area is 161 Å². The Morgan fingerprint density at radius 1 is 1.15 bits per heavy atom. The number of carbonyl (C=O) groups is 1. The summed E-state index contributed by atoms with van der Waals surface area (Å²) in [5, 5.41) is 13.3. The molecule has 27 heavy (non-hydrogen) atoms. The van der Waals surface area contributed by atoms with Crippen molar-refractivity contribution in [1.82, 2.24) is 4.90 Å². The Kier molecular flexibility index (Phi) is 6.85. The van der Waals surface area contributed by atoms with E-state index >= 15 is 0 Å². The molecule has 1 saturated heterocycles. The number of hydrogen-bond donors (Lipinski definition) is 2. The third-order valence-corrected chi connectivity index (χ3v) is 4.99. The van der Waals surface area contributed by atoms with E-state index in [2.05, 4.69) is 10.2 Å². The molecule has 0 radical (unpaired) electrons. The number of likely N-dealkylation sites (tertiary alicyclic amines) is 1. The van der Waals surface area contributed by atoms with Crippen LogP contribution in [-0.2, 0) is 4.79 Å². The van der Waals surface area contributed by atoms with Crippen LogP contribution >= 0.6 is 0 Å². The highest BCUT2D eigenvalue weighted by Crippen LogP contribution is 2.20. The zero-order valence-electron chi connectivity index (χ0n) is 15.8. The van der Waals surface area contributed by atoms with Gasteiger partial charge in [-0.05, 0) is 56.6 Å². The van der Waals surface area contributed by atoms with Gasteiger partial charge in [-0.1, -0.05) is 36.4 Å². The van der Waals surface area contributed by atoms with E-state index in [1.165, 1.54) is 0 Å². The van der Waals surface area contributed by atoms with Crippen LogP contribution in [0.25, 0.3) is 0 Å². The molecule has 0 aromatic heterocycles. The lowest BCUT2D eigenvalue weighted by Crippen LogP contribution is -2.42. The Morgan fingerprint density at radius 3 is 2.52 bits per heavy atom. The Hall–Kier alpha value is -2.37. The van der Waals surface area contributed by atoms with Gasteiger partial charge in [-0.15, -0.1) is 0 Å². The summed E-state index contributed by atoms with van der Waals surface area (Å²) in [7, 11) is 0. The number of amides is 1. The number of anilines is 1. The molecule has 2 aromatic carbocycles. The maximum Gasteiger partial charge on any atom is 0.227 e. The third kappa shape index (κ3) is 5.81. The number of aliphatic hydroxyl groups is 1. The number of nitrogens with one attached hydrogen (secondary N) is 1. The van der Waals surface area contributed by atoms with E-state index in [1.54, 1.807) is 0 Å². The molecule has 2 aromatic rings. The van der Waals surface area contributed by atoms with Crippen molar-refractivity contribution in [2.45, 2.75) is 25.9 Å². The number of carbonyl (C=O) groups excluding carboxylic acids is 1. The van der Waals surface area contributed by atoms with Crippen molar-refractivity contribution in [2.24, 2.45) is 5.92 Å². The molecule has 144 valence electrons. The van der Waals surface area contributed by atoms with Gasteiger partial charge in [0.25, 0.3) is 0 Å². The molecule has 1 aliphatic heterocycles. The van der Waals surface area contributed by atoms with Gasteiger partial charge in [0, 0.05) is 18.2 Å². The highest BCUT2D eigenvalue weighted by molar-refractivity contribution is 5.92. The molecule has 3 rings (SSSR count). The fourth-order valence-electron chi connectivity index (χ4n) is 3.40. The van der Waals surface area contributed by atoms with Gasteiger partial charge in [-0.2, -0.15) is 0 Å². The van der Waals surface area contributed by atoms with E-state index in [9.17, 15) is 9.90 Å². The molecule has 1 aliphatic rings. The van der Waals surface area contributed by atoms with Crippen LogP contribution in [0.1, 0.15) is 18.4 Å². The molecule has 1 amide bonds. The van der Waals surface area contributed by atoms with Crippen LogP contribution in [0, 0.1) is 12.8 Å². The average Bonchev–Trinajstić information content (AvgIpc) is 2.69. The van der Waals surface area contributed by atoms with Crippen molar-refractivity contribution in [3.63, 3.8) is 0 Å². The molecular weight excluding hydrogens is 340 g/mol. The summed E-state index contributed by atoms with van der Waals surface area (Å²) in [5.41, 5.74) is 1.91. The number of rotatable bonds is 7. The normalized spacial score (nSPS) is 16.7. The predicted octanol–water partition coefficient (Wildman–Crippen LogP) is 3.09. The Bertz CT molecular complexity index is 727. The minimum atomic E-state index is -0.542. The maximum absolute atomic E-state index is 12.4. The average molecular weight is 368 g/mol. The van der Waals surface area contributed by atoms with Gasteiger partial charge in [-0.25, -0.2) is 0 Å². The quantitative estimate of drug-likeness (QED) is 0.788. The van der Waals surface area contributed by atoms with Crippen LogP contribution in [-0.4, -0.2) is 48.3 Å². The zero-order chi connectivity index (χ0) is 19.1. The molecule has 5 nitrogen and oxygen atoms in total. The van der Waals surface area contributed by atoms with E-state index in [-0.39, 0.29) is 18.4 Å². The number of benzene rings is 2. The Balaban J connectivity index is 1.38. The van der Waals surface area contributed by atoms with Crippen LogP contribution in [0.4, 0.5) is 5.69 Å². The lowest BCUT2D eigenvalue weighted by atomic mass is 9.95. The first-order chi connectivity index (χ1) is 13.1. The number of piperidine rings is 1. The van der Waals surface area contributed by atoms with E-state index in [0.717, 1.165) is 42.9 Å². The second kappa shape index (κ2) is 9.53. The minimum absolute atomic E-state index is 0.0295. The van der Waals surface area contributed by atoms with Gasteiger partial charge in [-0.3, -0.25) is 4.79 Å². The third-order valence-electron chi connectivity index (χ3n) is 4.99. The van der Waals surface area contributed by atoms with Crippen molar-refractivity contribution < 1.29 is 14.6 Å². The summed E-state index contributed by atoms with van der Waals surface area (Å²) in [5.74, 6) is 0.930. The molecule has 1 fully saturated rings. The van der Waals surface area contributed by atoms with Gasteiger partial charge in [0.2, 0.25) is 5.91 Å². The molecule has 0 bridgehead atoms. The van der Waals surface area contributed by atoms with Crippen molar-refractivity contribution >= 4 is 11.6 Å². The molecule has 1 heterocycles. The second-order valence-corrected chi connectivity index (χ2v) is 7.16. The van der Waals surface area contributed by atoms with Crippen LogP contribution < -0.4 is 10.1 Å². The fourth-order valence-corrected chi connectivity index (χ4v) is 3.40. The second-order valence-electron chi connectivity index (χ2n) is 7.16. The first kappa shape index (κ1) is 19.4. The summed E-state index contributed by atoms with van der Waals surface area (Å²) >= 11 is 0. The van der Waals surface area contributed by atoms with Crippen molar-refractivity contribution in [3.05, 3.63) is 60.2 Å². The lowest BCUT2D eigenvalue weighted by Gasteiger charge is -2.32. The first-order valence-electron chi connectivity index (χ1n) is 9.56. The van der Waals surface area contributed by atoms with Gasteiger partial charge < -0.3 is 20.1 Å². The smallest absolute Gasteiger partial charge is 0.227 e. The predicted molar refractivity (Wildman–Crippen MR) is 107 cm³/mol. The van der Waals surface area contributed by atoms with Crippen LogP contribution in [0.5, 0.6) is 5.75 Å². The number of para-hydroxylation sites is 2. The fraction of sp³-hybridized carbons (Fsp3) is 0.409. The molecule has 0 unspecified atom stereocenters. The van der Waals surface area contributed by atoms with Crippen LogP contribution in [0.15, 0.2) is 54.6 Å². The van der Waals surface area contributed by atoms with Gasteiger partial charge >= 0.3 is 0 Å². The van der Waals surface area contributed by atoms with Gasteiger partial charge in [0.15, 0.2) is 0 Å². The number of hydrogen-bond acceptors (Lipinski definition) is 4. The molecule has 0 spiro atoms. The molecular formula is C22H28N2O3. The summed E-state index contributed by atoms with van der Waals surface area (Å²) < 4.78 is 5.73. The van der Waals surface area contributed by atoms with Crippen molar-refractivity contribution in [2.75, 3.05) is 31.6 Å². The van der Waals surface area contributed by atoms with Crippen LogP contribution in [0.3, 0.4) is 0 Å². The monoisotopic (exact) mass is 368 g/mol. The molecule has 0 aliphatic carbocycles.